The first kappa shape index (κ1) is 9.27. The van der Waals surface area contributed by atoms with Gasteiger partial charge in [-0.25, -0.2) is 4.98 Å². The number of hydrogen-bond acceptors (Lipinski definition) is 2. The zero-order valence-corrected chi connectivity index (χ0v) is 9.32. The number of nitrogen functional groups attached to an aromatic ring is 1. The van der Waals surface area contributed by atoms with Crippen LogP contribution in [-0.4, -0.2) is 9.55 Å². The Balaban J connectivity index is 2.60. The van der Waals surface area contributed by atoms with Crippen LogP contribution in [0.4, 0.5) is 5.95 Å². The minimum Gasteiger partial charge on any atom is -0.369 e. The van der Waals surface area contributed by atoms with Gasteiger partial charge < -0.3 is 5.73 Å². The van der Waals surface area contributed by atoms with Crippen LogP contribution < -0.4 is 5.73 Å². The highest BCUT2D eigenvalue weighted by Gasteiger charge is 2.05. The molecule has 0 fully saturated rings. The topological polar surface area (TPSA) is 43.8 Å². The summed E-state index contributed by atoms with van der Waals surface area (Å²) in [6.07, 6.45) is 1.86. The lowest BCUT2D eigenvalue weighted by atomic mass is 10.2. The summed E-state index contributed by atoms with van der Waals surface area (Å²) in [5.41, 5.74) is 7.99. The predicted molar refractivity (Wildman–Crippen MR) is 60.4 cm³/mol. The van der Waals surface area contributed by atoms with Gasteiger partial charge in [0.15, 0.2) is 0 Å². The molecule has 2 rings (SSSR count). The summed E-state index contributed by atoms with van der Waals surface area (Å²) < 4.78 is 2.61. The van der Waals surface area contributed by atoms with Gasteiger partial charge in [-0.3, -0.25) is 4.57 Å². The molecular formula is C10H10BrN3. The molecular weight excluding hydrogens is 242 g/mol. The van der Waals surface area contributed by atoms with Crippen molar-refractivity contribution < 1.29 is 0 Å². The average molecular weight is 252 g/mol. The molecule has 0 spiro atoms. The average Bonchev–Trinajstić information content (AvgIpc) is 2.46. The summed E-state index contributed by atoms with van der Waals surface area (Å²) in [6, 6.07) is 8.04. The Labute approximate surface area is 90.7 Å². The van der Waals surface area contributed by atoms with Gasteiger partial charge in [0.05, 0.1) is 5.69 Å². The van der Waals surface area contributed by atoms with Crippen molar-refractivity contribution >= 4 is 21.9 Å². The normalized spacial score (nSPS) is 10.4. The van der Waals surface area contributed by atoms with Crippen molar-refractivity contribution in [1.82, 2.24) is 9.55 Å². The van der Waals surface area contributed by atoms with Crippen LogP contribution in [0.25, 0.3) is 5.69 Å². The quantitative estimate of drug-likeness (QED) is 0.847. The molecule has 14 heavy (non-hydrogen) atoms. The Hall–Kier alpha value is -1.29. The molecule has 0 bridgehead atoms. The first-order chi connectivity index (χ1) is 6.68. The van der Waals surface area contributed by atoms with Gasteiger partial charge in [-0.05, 0) is 34.5 Å². The second kappa shape index (κ2) is 3.46. The molecule has 0 radical (unpaired) electrons. The molecule has 0 aliphatic heterocycles. The molecule has 0 amide bonds. The van der Waals surface area contributed by atoms with Gasteiger partial charge in [-0.2, -0.15) is 0 Å². The van der Waals surface area contributed by atoms with Crippen molar-refractivity contribution in [2.24, 2.45) is 0 Å². The molecule has 0 unspecified atom stereocenters. The van der Waals surface area contributed by atoms with Crippen LogP contribution >= 0.6 is 15.9 Å². The van der Waals surface area contributed by atoms with Crippen LogP contribution in [0.1, 0.15) is 5.56 Å². The largest absolute Gasteiger partial charge is 0.369 e. The van der Waals surface area contributed by atoms with Crippen LogP contribution in [0.5, 0.6) is 0 Å². The second-order valence-electron chi connectivity index (χ2n) is 3.08. The van der Waals surface area contributed by atoms with Gasteiger partial charge in [-0.1, -0.05) is 18.2 Å². The Kier molecular flexibility index (Phi) is 2.29. The van der Waals surface area contributed by atoms with Gasteiger partial charge in [-0.15, -0.1) is 0 Å². The molecule has 0 aliphatic carbocycles. The maximum atomic E-state index is 5.76. The number of nitrogens with zero attached hydrogens (tertiary/aromatic N) is 2. The maximum absolute atomic E-state index is 5.76. The lowest BCUT2D eigenvalue weighted by Gasteiger charge is -2.06. The van der Waals surface area contributed by atoms with E-state index in [1.165, 1.54) is 5.56 Å². The minimum atomic E-state index is 0.492. The Morgan fingerprint density at radius 2 is 2.07 bits per heavy atom. The first-order valence-corrected chi connectivity index (χ1v) is 5.04. The van der Waals surface area contributed by atoms with Crippen molar-refractivity contribution in [2.75, 3.05) is 5.73 Å². The summed E-state index contributed by atoms with van der Waals surface area (Å²) in [5, 5.41) is 0. The van der Waals surface area contributed by atoms with E-state index >= 15 is 0 Å². The highest BCUT2D eigenvalue weighted by Crippen LogP contribution is 2.20. The number of imidazole rings is 1. The molecule has 0 saturated heterocycles. The van der Waals surface area contributed by atoms with Crippen molar-refractivity contribution in [3.8, 4) is 5.69 Å². The van der Waals surface area contributed by atoms with Crippen LogP contribution in [0.2, 0.25) is 0 Å². The molecule has 2 aromatic rings. The maximum Gasteiger partial charge on any atom is 0.205 e. The van der Waals surface area contributed by atoms with Crippen LogP contribution in [0.15, 0.2) is 35.1 Å². The van der Waals surface area contributed by atoms with Gasteiger partial charge in [0, 0.05) is 6.20 Å². The van der Waals surface area contributed by atoms with Crippen molar-refractivity contribution in [1.29, 1.82) is 0 Å². The molecule has 72 valence electrons. The molecule has 1 aromatic heterocycles. The van der Waals surface area contributed by atoms with E-state index in [1.54, 1.807) is 0 Å². The van der Waals surface area contributed by atoms with E-state index < -0.39 is 0 Å². The summed E-state index contributed by atoms with van der Waals surface area (Å²) >= 11 is 3.29. The second-order valence-corrected chi connectivity index (χ2v) is 3.89. The van der Waals surface area contributed by atoms with Crippen molar-refractivity contribution in [2.45, 2.75) is 6.92 Å². The highest BCUT2D eigenvalue weighted by atomic mass is 79.9. The smallest absolute Gasteiger partial charge is 0.205 e. The molecule has 2 N–H and O–H groups in total. The van der Waals surface area contributed by atoms with Gasteiger partial charge >= 0.3 is 0 Å². The number of halogens is 1. The minimum absolute atomic E-state index is 0.492. The number of nitrogens with two attached hydrogens (primary N) is 1. The monoisotopic (exact) mass is 251 g/mol. The number of para-hydroxylation sites is 1. The van der Waals surface area contributed by atoms with Gasteiger partial charge in [0.1, 0.15) is 4.60 Å². The lowest BCUT2D eigenvalue weighted by Crippen LogP contribution is -2.00. The molecule has 1 heterocycles. The third-order valence-corrected chi connectivity index (χ3v) is 2.46. The van der Waals surface area contributed by atoms with Crippen LogP contribution in [-0.2, 0) is 0 Å². The molecule has 4 heteroatoms. The number of rotatable bonds is 1. The molecule has 0 aliphatic rings. The third-order valence-electron chi connectivity index (χ3n) is 2.08. The van der Waals surface area contributed by atoms with Crippen molar-refractivity contribution in [3.63, 3.8) is 0 Å². The van der Waals surface area contributed by atoms with E-state index in [4.69, 9.17) is 5.73 Å². The summed E-state index contributed by atoms with van der Waals surface area (Å²) in [6.45, 7) is 2.04. The van der Waals surface area contributed by atoms with E-state index in [1.807, 2.05) is 42.0 Å². The lowest BCUT2D eigenvalue weighted by molar-refractivity contribution is 1.06. The SMILES string of the molecule is Cc1ccccc1-n1cc(Br)nc1N. The fourth-order valence-corrected chi connectivity index (χ4v) is 1.78. The molecule has 0 saturated carbocycles. The zero-order chi connectivity index (χ0) is 10.1. The molecule has 0 atom stereocenters. The summed E-state index contributed by atoms with van der Waals surface area (Å²) in [5.74, 6) is 0.492. The fourth-order valence-electron chi connectivity index (χ4n) is 1.39. The number of benzene rings is 1. The molecule has 3 nitrogen and oxygen atoms in total. The highest BCUT2D eigenvalue weighted by molar-refractivity contribution is 9.10. The molecule has 1 aromatic carbocycles. The van der Waals surface area contributed by atoms with E-state index in [2.05, 4.69) is 20.9 Å². The summed E-state index contributed by atoms with van der Waals surface area (Å²) in [4.78, 5) is 4.09. The third kappa shape index (κ3) is 1.53. The predicted octanol–water partition coefficient (Wildman–Crippen LogP) is 2.53. The Morgan fingerprint density at radius 3 is 2.64 bits per heavy atom. The number of aryl methyl sites for hydroxylation is 1. The van der Waals surface area contributed by atoms with E-state index in [-0.39, 0.29) is 0 Å². The Morgan fingerprint density at radius 1 is 1.36 bits per heavy atom. The van der Waals surface area contributed by atoms with E-state index in [0.29, 0.717) is 5.95 Å². The van der Waals surface area contributed by atoms with Crippen LogP contribution in [0.3, 0.4) is 0 Å². The van der Waals surface area contributed by atoms with Crippen LogP contribution in [0, 0.1) is 6.92 Å². The van der Waals surface area contributed by atoms with Gasteiger partial charge in [0.2, 0.25) is 5.95 Å². The fraction of sp³-hybridized carbons (Fsp3) is 0.100. The standard InChI is InChI=1S/C10H10BrN3/c1-7-4-2-3-5-8(7)14-6-9(11)13-10(14)12/h2-6H,1H3,(H2,12,13). The number of aromatic nitrogens is 2. The van der Waals surface area contributed by atoms with Gasteiger partial charge in [0.25, 0.3) is 0 Å². The number of hydrogen-bond donors (Lipinski definition) is 1. The Bertz CT molecular complexity index is 462. The van der Waals surface area contributed by atoms with Crippen molar-refractivity contribution in [3.05, 3.63) is 40.6 Å². The summed E-state index contributed by atoms with van der Waals surface area (Å²) in [7, 11) is 0. The zero-order valence-electron chi connectivity index (χ0n) is 7.74. The number of anilines is 1. The first-order valence-electron chi connectivity index (χ1n) is 4.25. The van der Waals surface area contributed by atoms with E-state index in [9.17, 15) is 0 Å². The van der Waals surface area contributed by atoms with E-state index in [0.717, 1.165) is 10.3 Å².